The van der Waals surface area contributed by atoms with Gasteiger partial charge in [0.05, 0.1) is 11.1 Å². The highest BCUT2D eigenvalue weighted by atomic mass is 16.5. The standard InChI is InChI=1S/C22H26N2O3/c1-24(15-8-3-2-4-9-15)20(25)14-27-22(26)21-16-10-5-6-12-18(16)23-19-13-7-11-17(19)21/h5-6,10,12,15H,2-4,7-9,11,13-14H2,1H3. The number of aromatic nitrogens is 1. The Morgan fingerprint density at radius 1 is 1.11 bits per heavy atom. The Bertz CT molecular complexity index is 871. The number of fused-ring (bicyclic) bond motifs is 2. The van der Waals surface area contributed by atoms with Crippen molar-refractivity contribution in [1.82, 2.24) is 9.88 Å². The third kappa shape index (κ3) is 3.55. The Morgan fingerprint density at radius 2 is 1.89 bits per heavy atom. The molecule has 2 aliphatic rings. The highest BCUT2D eigenvalue weighted by Crippen LogP contribution is 2.30. The van der Waals surface area contributed by atoms with Gasteiger partial charge in [0.15, 0.2) is 6.61 Å². The smallest absolute Gasteiger partial charge is 0.339 e. The molecule has 1 fully saturated rings. The third-order valence-corrected chi connectivity index (χ3v) is 5.97. The van der Waals surface area contributed by atoms with Crippen LogP contribution in [0.15, 0.2) is 24.3 Å². The molecule has 1 saturated carbocycles. The number of carbonyl (C=O) groups is 2. The maximum atomic E-state index is 12.9. The highest BCUT2D eigenvalue weighted by molar-refractivity contribution is 6.05. The maximum Gasteiger partial charge on any atom is 0.339 e. The molecule has 4 rings (SSSR count). The van der Waals surface area contributed by atoms with Gasteiger partial charge in [0.2, 0.25) is 0 Å². The second kappa shape index (κ2) is 7.67. The van der Waals surface area contributed by atoms with Gasteiger partial charge in [0.25, 0.3) is 5.91 Å². The minimum atomic E-state index is -0.405. The van der Waals surface area contributed by atoms with Crippen molar-refractivity contribution in [3.8, 4) is 0 Å². The van der Waals surface area contributed by atoms with E-state index in [9.17, 15) is 9.59 Å². The number of esters is 1. The average Bonchev–Trinajstić information content (AvgIpc) is 3.18. The summed E-state index contributed by atoms with van der Waals surface area (Å²) in [5.41, 5.74) is 3.40. The van der Waals surface area contributed by atoms with Crippen LogP contribution in [0.1, 0.15) is 60.1 Å². The molecule has 0 atom stereocenters. The van der Waals surface area contributed by atoms with Crippen LogP contribution in [0.4, 0.5) is 0 Å². The number of para-hydroxylation sites is 1. The molecular weight excluding hydrogens is 340 g/mol. The number of likely N-dealkylation sites (N-methyl/N-ethyl adjacent to an activating group) is 1. The van der Waals surface area contributed by atoms with Gasteiger partial charge in [0.1, 0.15) is 0 Å². The van der Waals surface area contributed by atoms with Crippen LogP contribution in [0.5, 0.6) is 0 Å². The molecular formula is C22H26N2O3. The van der Waals surface area contributed by atoms with Crippen molar-refractivity contribution in [2.75, 3.05) is 13.7 Å². The minimum absolute atomic E-state index is 0.120. The summed E-state index contributed by atoms with van der Waals surface area (Å²) >= 11 is 0. The van der Waals surface area contributed by atoms with Gasteiger partial charge in [-0.2, -0.15) is 0 Å². The molecule has 0 unspecified atom stereocenters. The lowest BCUT2D eigenvalue weighted by Gasteiger charge is -2.31. The van der Waals surface area contributed by atoms with E-state index in [0.29, 0.717) is 5.56 Å². The average molecular weight is 366 g/mol. The van der Waals surface area contributed by atoms with Crippen molar-refractivity contribution in [2.24, 2.45) is 0 Å². The zero-order valence-corrected chi connectivity index (χ0v) is 15.9. The van der Waals surface area contributed by atoms with Crippen molar-refractivity contribution in [3.05, 3.63) is 41.1 Å². The van der Waals surface area contributed by atoms with Gasteiger partial charge in [-0.3, -0.25) is 9.78 Å². The Kier molecular flexibility index (Phi) is 5.10. The molecule has 27 heavy (non-hydrogen) atoms. The Labute approximate surface area is 159 Å². The lowest BCUT2D eigenvalue weighted by atomic mass is 9.94. The lowest BCUT2D eigenvalue weighted by Crippen LogP contribution is -2.40. The molecule has 5 heteroatoms. The van der Waals surface area contributed by atoms with E-state index in [1.807, 2.05) is 31.3 Å². The van der Waals surface area contributed by atoms with E-state index in [4.69, 9.17) is 9.72 Å². The van der Waals surface area contributed by atoms with Crippen molar-refractivity contribution >= 4 is 22.8 Å². The Balaban J connectivity index is 1.51. The molecule has 0 bridgehead atoms. The number of hydrogen-bond acceptors (Lipinski definition) is 4. The van der Waals surface area contributed by atoms with Gasteiger partial charge in [-0.15, -0.1) is 0 Å². The normalized spacial score (nSPS) is 16.9. The molecule has 0 aliphatic heterocycles. The summed E-state index contributed by atoms with van der Waals surface area (Å²) in [7, 11) is 1.83. The molecule has 5 nitrogen and oxygen atoms in total. The van der Waals surface area contributed by atoms with Crippen LogP contribution in [0.3, 0.4) is 0 Å². The van der Waals surface area contributed by atoms with E-state index < -0.39 is 5.97 Å². The van der Waals surface area contributed by atoms with Crippen LogP contribution in [-0.4, -0.2) is 41.5 Å². The highest BCUT2D eigenvalue weighted by Gasteiger charge is 2.27. The van der Waals surface area contributed by atoms with Gasteiger partial charge in [-0.25, -0.2) is 4.79 Å². The largest absolute Gasteiger partial charge is 0.452 e. The van der Waals surface area contributed by atoms with Crippen molar-refractivity contribution in [2.45, 2.75) is 57.4 Å². The number of rotatable bonds is 4. The number of pyridine rings is 1. The number of nitrogens with zero attached hydrogens (tertiary/aromatic N) is 2. The number of amides is 1. The molecule has 1 amide bonds. The molecule has 1 aromatic carbocycles. The summed E-state index contributed by atoms with van der Waals surface area (Å²) in [6.45, 7) is -0.197. The molecule has 0 radical (unpaired) electrons. The summed E-state index contributed by atoms with van der Waals surface area (Å²) in [5.74, 6) is -0.526. The van der Waals surface area contributed by atoms with Crippen LogP contribution in [0, 0.1) is 0 Å². The monoisotopic (exact) mass is 366 g/mol. The van der Waals surface area contributed by atoms with E-state index in [-0.39, 0.29) is 18.6 Å². The van der Waals surface area contributed by atoms with Crippen molar-refractivity contribution in [3.63, 3.8) is 0 Å². The SMILES string of the molecule is CN(C(=O)COC(=O)c1c2c(nc3ccccc13)CCC2)C1CCCCC1. The second-order valence-corrected chi connectivity index (χ2v) is 7.66. The van der Waals surface area contributed by atoms with Crippen LogP contribution in [0.25, 0.3) is 10.9 Å². The van der Waals surface area contributed by atoms with E-state index in [1.165, 1.54) is 6.42 Å². The first kappa shape index (κ1) is 18.0. The minimum Gasteiger partial charge on any atom is -0.452 e. The van der Waals surface area contributed by atoms with Gasteiger partial charge in [0, 0.05) is 24.2 Å². The fourth-order valence-electron chi connectivity index (χ4n) is 4.42. The summed E-state index contributed by atoms with van der Waals surface area (Å²) in [4.78, 5) is 31.9. The Morgan fingerprint density at radius 3 is 2.70 bits per heavy atom. The predicted molar refractivity (Wildman–Crippen MR) is 104 cm³/mol. The second-order valence-electron chi connectivity index (χ2n) is 7.66. The maximum absolute atomic E-state index is 12.9. The van der Waals surface area contributed by atoms with Crippen LogP contribution in [0.2, 0.25) is 0 Å². The quantitative estimate of drug-likeness (QED) is 0.775. The van der Waals surface area contributed by atoms with Crippen molar-refractivity contribution < 1.29 is 14.3 Å². The van der Waals surface area contributed by atoms with Crippen LogP contribution < -0.4 is 0 Å². The number of carbonyl (C=O) groups excluding carboxylic acids is 2. The molecule has 1 aromatic heterocycles. The van der Waals surface area contributed by atoms with Crippen molar-refractivity contribution in [1.29, 1.82) is 0 Å². The fraction of sp³-hybridized carbons (Fsp3) is 0.500. The predicted octanol–water partition coefficient (Wildman–Crippen LogP) is 3.67. The Hall–Kier alpha value is -2.43. The number of hydrogen-bond donors (Lipinski definition) is 0. The van der Waals surface area contributed by atoms with Gasteiger partial charge in [-0.05, 0) is 43.7 Å². The molecule has 2 aromatic rings. The first-order chi connectivity index (χ1) is 13.1. The third-order valence-electron chi connectivity index (χ3n) is 5.97. The first-order valence-corrected chi connectivity index (χ1v) is 9.98. The molecule has 0 saturated heterocycles. The zero-order valence-electron chi connectivity index (χ0n) is 15.9. The lowest BCUT2D eigenvalue weighted by molar-refractivity contribution is -0.135. The molecule has 142 valence electrons. The van der Waals surface area contributed by atoms with E-state index in [0.717, 1.165) is 67.1 Å². The summed E-state index contributed by atoms with van der Waals surface area (Å²) < 4.78 is 5.48. The number of aryl methyl sites for hydroxylation is 1. The number of ether oxygens (including phenoxy) is 1. The van der Waals surface area contributed by atoms with Gasteiger partial charge < -0.3 is 9.64 Å². The van der Waals surface area contributed by atoms with E-state index >= 15 is 0 Å². The van der Waals surface area contributed by atoms with Gasteiger partial charge in [-0.1, -0.05) is 37.5 Å². The van der Waals surface area contributed by atoms with E-state index in [1.54, 1.807) is 4.90 Å². The topological polar surface area (TPSA) is 59.5 Å². The molecule has 1 heterocycles. The molecule has 0 spiro atoms. The van der Waals surface area contributed by atoms with E-state index in [2.05, 4.69) is 0 Å². The van der Waals surface area contributed by atoms with Gasteiger partial charge >= 0.3 is 5.97 Å². The number of benzene rings is 1. The fourth-order valence-corrected chi connectivity index (χ4v) is 4.42. The van der Waals surface area contributed by atoms with Crippen LogP contribution in [-0.2, 0) is 22.4 Å². The summed E-state index contributed by atoms with van der Waals surface area (Å²) in [6, 6.07) is 7.94. The first-order valence-electron chi connectivity index (χ1n) is 9.98. The van der Waals surface area contributed by atoms with Crippen LogP contribution >= 0.6 is 0 Å². The molecule has 2 aliphatic carbocycles. The summed E-state index contributed by atoms with van der Waals surface area (Å²) in [6.07, 6.45) is 8.39. The molecule has 0 N–H and O–H groups in total. The summed E-state index contributed by atoms with van der Waals surface area (Å²) in [5, 5.41) is 0.816. The zero-order chi connectivity index (χ0) is 18.8.